The highest BCUT2D eigenvalue weighted by Crippen LogP contribution is 2.12. The van der Waals surface area contributed by atoms with Gasteiger partial charge in [-0.25, -0.2) is 18.1 Å². The van der Waals surface area contributed by atoms with Gasteiger partial charge in [-0.2, -0.15) is 0 Å². The lowest BCUT2D eigenvalue weighted by atomic mass is 10.2. The number of primary amides is 1. The zero-order valence-electron chi connectivity index (χ0n) is 11.8. The first-order valence-corrected chi connectivity index (χ1v) is 6.37. The van der Waals surface area contributed by atoms with Gasteiger partial charge in [-0.1, -0.05) is 0 Å². The quantitative estimate of drug-likeness (QED) is 0.916. The lowest BCUT2D eigenvalue weighted by Gasteiger charge is -2.15. The van der Waals surface area contributed by atoms with Crippen LogP contribution in [0.3, 0.4) is 0 Å². The maximum absolute atomic E-state index is 13.9. The first-order valence-electron chi connectivity index (χ1n) is 6.37. The third-order valence-corrected chi connectivity index (χ3v) is 3.08. The summed E-state index contributed by atoms with van der Waals surface area (Å²) in [4.78, 5) is 36.0. The Morgan fingerprint density at radius 2 is 1.86 bits per heavy atom. The molecule has 0 aliphatic carbocycles. The van der Waals surface area contributed by atoms with Gasteiger partial charge in [0.15, 0.2) is 0 Å². The topological polar surface area (TPSA) is 87.1 Å². The molecule has 0 aliphatic rings. The van der Waals surface area contributed by atoms with Gasteiger partial charge in [0.2, 0.25) is 0 Å². The maximum atomic E-state index is 13.9. The van der Waals surface area contributed by atoms with E-state index in [1.165, 1.54) is 0 Å². The van der Waals surface area contributed by atoms with E-state index in [1.54, 1.807) is 13.8 Å². The molecule has 0 spiro atoms. The second-order valence-electron chi connectivity index (χ2n) is 4.93. The van der Waals surface area contributed by atoms with Crippen molar-refractivity contribution >= 4 is 5.91 Å². The fourth-order valence-corrected chi connectivity index (χ4v) is 1.98. The zero-order valence-corrected chi connectivity index (χ0v) is 11.8. The molecule has 0 aliphatic heterocycles. The van der Waals surface area contributed by atoms with Gasteiger partial charge >= 0.3 is 5.69 Å². The summed E-state index contributed by atoms with van der Waals surface area (Å²) in [5.74, 6) is -2.87. The Hall–Kier alpha value is -2.77. The first-order chi connectivity index (χ1) is 10.2. The number of nitrogens with two attached hydrogens (primary N) is 1. The van der Waals surface area contributed by atoms with Crippen LogP contribution in [0.1, 0.15) is 30.2 Å². The molecule has 0 unspecified atom stereocenters. The minimum atomic E-state index is -1.10. The summed E-state index contributed by atoms with van der Waals surface area (Å²) in [6.07, 6.45) is 1.02. The van der Waals surface area contributed by atoms with Crippen LogP contribution in [0, 0.1) is 11.6 Å². The van der Waals surface area contributed by atoms with Crippen LogP contribution in [0.25, 0.3) is 5.69 Å². The summed E-state index contributed by atoms with van der Waals surface area (Å²) in [5.41, 5.74) is 2.06. The summed E-state index contributed by atoms with van der Waals surface area (Å²) in [6, 6.07) is 1.91. The molecule has 0 fully saturated rings. The molecule has 2 N–H and O–H groups in total. The van der Waals surface area contributed by atoms with E-state index in [2.05, 4.69) is 0 Å². The SMILES string of the molecule is CC(C)n1cc(C(N)=O)c(=O)n(-c2cc(F)ccc2F)c1=O. The van der Waals surface area contributed by atoms with Crippen LogP contribution >= 0.6 is 0 Å². The number of hydrogen-bond donors (Lipinski definition) is 1. The normalized spacial score (nSPS) is 11.0. The Labute approximate surface area is 123 Å². The van der Waals surface area contributed by atoms with Crippen molar-refractivity contribution in [3.05, 3.63) is 62.4 Å². The molecule has 0 bridgehead atoms. The van der Waals surface area contributed by atoms with Gasteiger partial charge in [0.05, 0.1) is 5.69 Å². The van der Waals surface area contributed by atoms with Crippen molar-refractivity contribution in [1.82, 2.24) is 9.13 Å². The van der Waals surface area contributed by atoms with Crippen LogP contribution in [-0.2, 0) is 0 Å². The third kappa shape index (κ3) is 2.54. The summed E-state index contributed by atoms with van der Waals surface area (Å²) in [6.45, 7) is 3.26. The highest BCUT2D eigenvalue weighted by atomic mass is 19.1. The summed E-state index contributed by atoms with van der Waals surface area (Å²) >= 11 is 0. The summed E-state index contributed by atoms with van der Waals surface area (Å²) < 4.78 is 28.7. The average Bonchev–Trinajstić information content (AvgIpc) is 2.42. The molecule has 2 aromatic rings. The standard InChI is InChI=1S/C14H13F2N3O3/c1-7(2)18-6-9(12(17)20)13(21)19(14(18)22)11-5-8(15)3-4-10(11)16/h3-7H,1-2H3,(H2,17,20). The van der Waals surface area contributed by atoms with E-state index in [9.17, 15) is 23.2 Å². The molecule has 0 atom stereocenters. The van der Waals surface area contributed by atoms with Crippen LogP contribution in [0.4, 0.5) is 8.78 Å². The largest absolute Gasteiger partial charge is 0.365 e. The van der Waals surface area contributed by atoms with Crippen LogP contribution in [-0.4, -0.2) is 15.0 Å². The van der Waals surface area contributed by atoms with Gasteiger partial charge < -0.3 is 5.73 Å². The molecule has 1 aromatic carbocycles. The number of rotatable bonds is 3. The zero-order chi connectivity index (χ0) is 16.6. The molecule has 8 heteroatoms. The molecule has 1 heterocycles. The molecule has 116 valence electrons. The van der Waals surface area contributed by atoms with E-state index in [0.717, 1.165) is 22.9 Å². The highest BCUT2D eigenvalue weighted by Gasteiger charge is 2.20. The summed E-state index contributed by atoms with van der Waals surface area (Å²) in [7, 11) is 0. The van der Waals surface area contributed by atoms with Gasteiger partial charge in [-0.15, -0.1) is 0 Å². The van der Waals surface area contributed by atoms with E-state index in [4.69, 9.17) is 5.73 Å². The van der Waals surface area contributed by atoms with Crippen molar-refractivity contribution in [3.8, 4) is 5.69 Å². The number of halogens is 2. The van der Waals surface area contributed by atoms with Crippen molar-refractivity contribution < 1.29 is 13.6 Å². The molecular formula is C14H13F2N3O3. The Kier molecular flexibility index (Phi) is 3.94. The lowest BCUT2D eigenvalue weighted by molar-refractivity contribution is 0.0997. The van der Waals surface area contributed by atoms with Crippen molar-refractivity contribution in [2.75, 3.05) is 0 Å². The molecule has 0 saturated heterocycles. The monoisotopic (exact) mass is 309 g/mol. The van der Waals surface area contributed by atoms with E-state index < -0.39 is 46.1 Å². The Morgan fingerprint density at radius 1 is 1.23 bits per heavy atom. The average molecular weight is 309 g/mol. The summed E-state index contributed by atoms with van der Waals surface area (Å²) in [5, 5.41) is 0. The number of carbonyl (C=O) groups is 1. The first kappa shape index (κ1) is 15.6. The lowest BCUT2D eigenvalue weighted by Crippen LogP contribution is -2.43. The minimum absolute atomic E-state index is 0.401. The van der Waals surface area contributed by atoms with Crippen LogP contribution in [0.15, 0.2) is 34.0 Å². The predicted molar refractivity (Wildman–Crippen MR) is 75.1 cm³/mol. The number of hydrogen-bond acceptors (Lipinski definition) is 3. The highest BCUT2D eigenvalue weighted by molar-refractivity contribution is 5.92. The number of aromatic nitrogens is 2. The van der Waals surface area contributed by atoms with E-state index in [1.807, 2.05) is 0 Å². The molecule has 0 radical (unpaired) electrons. The minimum Gasteiger partial charge on any atom is -0.365 e. The fourth-order valence-electron chi connectivity index (χ4n) is 1.98. The second kappa shape index (κ2) is 5.55. The maximum Gasteiger partial charge on any atom is 0.336 e. The van der Waals surface area contributed by atoms with Gasteiger partial charge in [0.25, 0.3) is 11.5 Å². The molecule has 2 rings (SSSR count). The molecule has 22 heavy (non-hydrogen) atoms. The van der Waals surface area contributed by atoms with Gasteiger partial charge in [0, 0.05) is 18.3 Å². The Morgan fingerprint density at radius 3 is 2.41 bits per heavy atom. The number of carbonyl (C=O) groups excluding carboxylic acids is 1. The van der Waals surface area contributed by atoms with E-state index in [-0.39, 0.29) is 0 Å². The van der Waals surface area contributed by atoms with Gasteiger partial charge in [0.1, 0.15) is 17.2 Å². The van der Waals surface area contributed by atoms with E-state index >= 15 is 0 Å². The molecule has 1 amide bonds. The van der Waals surface area contributed by atoms with Gasteiger partial charge in [-0.3, -0.25) is 14.2 Å². The smallest absolute Gasteiger partial charge is 0.336 e. The Bertz CT molecular complexity index is 869. The van der Waals surface area contributed by atoms with Crippen LogP contribution in [0.5, 0.6) is 0 Å². The van der Waals surface area contributed by atoms with E-state index in [0.29, 0.717) is 10.6 Å². The molecule has 1 aromatic heterocycles. The number of amides is 1. The number of benzene rings is 1. The molecule has 6 nitrogen and oxygen atoms in total. The van der Waals surface area contributed by atoms with Crippen molar-refractivity contribution in [2.45, 2.75) is 19.9 Å². The van der Waals surface area contributed by atoms with Gasteiger partial charge in [-0.05, 0) is 26.0 Å². The third-order valence-electron chi connectivity index (χ3n) is 3.08. The number of nitrogens with zero attached hydrogens (tertiary/aromatic N) is 2. The van der Waals surface area contributed by atoms with Crippen molar-refractivity contribution in [2.24, 2.45) is 5.73 Å². The van der Waals surface area contributed by atoms with Crippen molar-refractivity contribution in [3.63, 3.8) is 0 Å². The van der Waals surface area contributed by atoms with Crippen LogP contribution < -0.4 is 17.0 Å². The second-order valence-corrected chi connectivity index (χ2v) is 4.93. The van der Waals surface area contributed by atoms with Crippen molar-refractivity contribution in [1.29, 1.82) is 0 Å². The predicted octanol–water partition coefficient (Wildman–Crippen LogP) is 0.957. The molecule has 0 saturated carbocycles. The Balaban J connectivity index is 2.97. The molecular weight excluding hydrogens is 296 g/mol. The van der Waals surface area contributed by atoms with Crippen LogP contribution in [0.2, 0.25) is 0 Å². The fraction of sp³-hybridized carbons (Fsp3) is 0.214.